The zero-order valence-electron chi connectivity index (χ0n) is 5.20. The summed E-state index contributed by atoms with van der Waals surface area (Å²) in [6, 6.07) is 0. The summed E-state index contributed by atoms with van der Waals surface area (Å²) < 4.78 is 24.5. The molecule has 9 heavy (non-hydrogen) atoms. The molecule has 0 aromatic carbocycles. The highest BCUT2D eigenvalue weighted by Gasteiger charge is 2.09. The maximum Gasteiger partial charge on any atom is 0.122 e. The van der Waals surface area contributed by atoms with Gasteiger partial charge in [0.15, 0.2) is 0 Å². The minimum atomic E-state index is -0.453. The third-order valence-corrected chi connectivity index (χ3v) is 1.26. The molecule has 0 fully saturated rings. The second kappa shape index (κ2) is 2.29. The van der Waals surface area contributed by atoms with Crippen LogP contribution in [-0.4, -0.2) is 0 Å². The Balaban J connectivity index is 2.74. The highest BCUT2D eigenvalue weighted by molar-refractivity contribution is 5.20. The van der Waals surface area contributed by atoms with Crippen molar-refractivity contribution in [2.24, 2.45) is 5.92 Å². The molecule has 0 heterocycles. The van der Waals surface area contributed by atoms with Gasteiger partial charge in [0.25, 0.3) is 0 Å². The molecule has 0 N–H and O–H groups in total. The Hall–Kier alpha value is -0.660. The van der Waals surface area contributed by atoms with E-state index in [-0.39, 0.29) is 11.7 Å². The lowest BCUT2D eigenvalue weighted by Crippen LogP contribution is -1.95. The first-order chi connectivity index (χ1) is 4.18. The van der Waals surface area contributed by atoms with Crippen molar-refractivity contribution in [3.8, 4) is 0 Å². The highest BCUT2D eigenvalue weighted by atomic mass is 19.1. The van der Waals surface area contributed by atoms with Crippen LogP contribution in [0.3, 0.4) is 0 Å². The van der Waals surface area contributed by atoms with E-state index in [0.29, 0.717) is 6.42 Å². The predicted molar refractivity (Wildman–Crippen MR) is 32.2 cm³/mol. The van der Waals surface area contributed by atoms with E-state index in [0.717, 1.165) is 6.08 Å². The average Bonchev–Trinajstić information content (AvgIpc) is 1.59. The summed E-state index contributed by atoms with van der Waals surface area (Å²) >= 11 is 0. The van der Waals surface area contributed by atoms with Gasteiger partial charge in [-0.2, -0.15) is 0 Å². The van der Waals surface area contributed by atoms with Gasteiger partial charge in [-0.1, -0.05) is 6.92 Å². The summed E-state index contributed by atoms with van der Waals surface area (Å²) in [4.78, 5) is 0. The minimum absolute atomic E-state index is 0.00926. The van der Waals surface area contributed by atoms with Crippen molar-refractivity contribution in [3.05, 3.63) is 23.8 Å². The molecule has 0 unspecified atom stereocenters. The number of allylic oxidation sites excluding steroid dienone is 4. The van der Waals surface area contributed by atoms with Gasteiger partial charge in [-0.15, -0.1) is 0 Å². The van der Waals surface area contributed by atoms with Crippen molar-refractivity contribution in [1.29, 1.82) is 0 Å². The number of halogens is 2. The Kier molecular flexibility index (Phi) is 1.65. The molecule has 0 saturated carbocycles. The minimum Gasteiger partial charge on any atom is -0.212 e. The van der Waals surface area contributed by atoms with E-state index in [9.17, 15) is 8.78 Å². The summed E-state index contributed by atoms with van der Waals surface area (Å²) in [6.45, 7) is 1.78. The molecule has 50 valence electrons. The van der Waals surface area contributed by atoms with Gasteiger partial charge in [0.05, 0.1) is 0 Å². The Morgan fingerprint density at radius 2 is 2.22 bits per heavy atom. The summed E-state index contributed by atoms with van der Waals surface area (Å²) in [7, 11) is 0. The molecular weight excluding hydrogens is 122 g/mol. The first-order valence-electron chi connectivity index (χ1n) is 2.92. The third kappa shape index (κ3) is 1.63. The van der Waals surface area contributed by atoms with Crippen molar-refractivity contribution >= 4 is 0 Å². The van der Waals surface area contributed by atoms with Gasteiger partial charge in [-0.3, -0.25) is 0 Å². The quantitative estimate of drug-likeness (QED) is 0.473. The van der Waals surface area contributed by atoms with Gasteiger partial charge in [0.2, 0.25) is 0 Å². The maximum atomic E-state index is 12.3. The van der Waals surface area contributed by atoms with Gasteiger partial charge < -0.3 is 0 Å². The second-order valence-corrected chi connectivity index (χ2v) is 2.32. The van der Waals surface area contributed by atoms with Crippen LogP contribution in [0.2, 0.25) is 0 Å². The van der Waals surface area contributed by atoms with E-state index in [4.69, 9.17) is 0 Å². The monoisotopic (exact) mass is 130 g/mol. The fourth-order valence-corrected chi connectivity index (χ4v) is 0.895. The highest BCUT2D eigenvalue weighted by Crippen LogP contribution is 2.23. The SMILES string of the molecule is C[C@@H]1C=C(F)C=C(F)C1. The molecule has 0 bridgehead atoms. The van der Waals surface area contributed by atoms with Gasteiger partial charge in [0, 0.05) is 12.5 Å². The van der Waals surface area contributed by atoms with Crippen LogP contribution in [0.15, 0.2) is 23.8 Å². The average molecular weight is 130 g/mol. The van der Waals surface area contributed by atoms with E-state index in [2.05, 4.69) is 0 Å². The Morgan fingerprint density at radius 1 is 1.56 bits per heavy atom. The molecule has 0 amide bonds. The van der Waals surface area contributed by atoms with E-state index in [1.807, 2.05) is 0 Å². The normalized spacial score (nSPS) is 27.2. The molecule has 0 aromatic heterocycles. The Labute approximate surface area is 52.9 Å². The van der Waals surface area contributed by atoms with Crippen LogP contribution in [0.4, 0.5) is 8.78 Å². The van der Waals surface area contributed by atoms with Crippen molar-refractivity contribution < 1.29 is 8.78 Å². The molecule has 0 nitrogen and oxygen atoms in total. The van der Waals surface area contributed by atoms with Crippen LogP contribution in [0.25, 0.3) is 0 Å². The Bertz CT molecular complexity index is 168. The maximum absolute atomic E-state index is 12.3. The third-order valence-electron chi connectivity index (χ3n) is 1.26. The van der Waals surface area contributed by atoms with E-state index >= 15 is 0 Å². The lowest BCUT2D eigenvalue weighted by molar-refractivity contribution is 0.508. The second-order valence-electron chi connectivity index (χ2n) is 2.32. The van der Waals surface area contributed by atoms with Crippen LogP contribution in [-0.2, 0) is 0 Å². The zero-order valence-corrected chi connectivity index (χ0v) is 5.20. The summed E-state index contributed by atoms with van der Waals surface area (Å²) in [5, 5.41) is 0. The fourth-order valence-electron chi connectivity index (χ4n) is 0.895. The molecular formula is C7H8F2. The van der Waals surface area contributed by atoms with Crippen LogP contribution in [0.1, 0.15) is 13.3 Å². The van der Waals surface area contributed by atoms with Crippen molar-refractivity contribution in [2.45, 2.75) is 13.3 Å². The number of hydrogen-bond donors (Lipinski definition) is 0. The predicted octanol–water partition coefficient (Wildman–Crippen LogP) is 2.73. The van der Waals surface area contributed by atoms with Gasteiger partial charge in [0.1, 0.15) is 11.7 Å². The van der Waals surface area contributed by atoms with Crippen LogP contribution in [0, 0.1) is 5.92 Å². The molecule has 1 aliphatic rings. The standard InChI is InChI=1S/C7H8F2/c1-5-2-6(8)4-7(9)3-5/h2,4-5H,3H2,1H3/t5-/m1/s1. The molecule has 0 saturated heterocycles. The zero-order chi connectivity index (χ0) is 6.85. The van der Waals surface area contributed by atoms with E-state index in [1.54, 1.807) is 6.92 Å². The molecule has 1 atom stereocenters. The van der Waals surface area contributed by atoms with Crippen LogP contribution < -0.4 is 0 Å². The lowest BCUT2D eigenvalue weighted by atomic mass is 10.0. The molecule has 2 heteroatoms. The van der Waals surface area contributed by atoms with Crippen molar-refractivity contribution in [1.82, 2.24) is 0 Å². The molecule has 0 aromatic rings. The van der Waals surface area contributed by atoms with E-state index < -0.39 is 5.83 Å². The number of rotatable bonds is 0. The van der Waals surface area contributed by atoms with Gasteiger partial charge >= 0.3 is 0 Å². The Morgan fingerprint density at radius 3 is 2.67 bits per heavy atom. The molecule has 0 aliphatic heterocycles. The fraction of sp³-hybridized carbons (Fsp3) is 0.429. The first-order valence-corrected chi connectivity index (χ1v) is 2.92. The molecule has 1 rings (SSSR count). The summed E-state index contributed by atoms with van der Waals surface area (Å²) in [5.74, 6) is -0.802. The van der Waals surface area contributed by atoms with Gasteiger partial charge in [-0.25, -0.2) is 8.78 Å². The van der Waals surface area contributed by atoms with Crippen LogP contribution >= 0.6 is 0 Å². The lowest BCUT2D eigenvalue weighted by Gasteiger charge is -2.07. The first kappa shape index (κ1) is 6.46. The van der Waals surface area contributed by atoms with Crippen molar-refractivity contribution in [2.75, 3.05) is 0 Å². The van der Waals surface area contributed by atoms with E-state index in [1.165, 1.54) is 6.08 Å². The smallest absolute Gasteiger partial charge is 0.122 e. The molecule has 0 radical (unpaired) electrons. The molecule has 1 aliphatic carbocycles. The summed E-state index contributed by atoms with van der Waals surface area (Å²) in [5.41, 5.74) is 0. The largest absolute Gasteiger partial charge is 0.212 e. The summed E-state index contributed by atoms with van der Waals surface area (Å²) in [6.07, 6.45) is 2.69. The number of hydrogen-bond acceptors (Lipinski definition) is 0. The van der Waals surface area contributed by atoms with Gasteiger partial charge in [-0.05, 0) is 12.0 Å². The van der Waals surface area contributed by atoms with Crippen LogP contribution in [0.5, 0.6) is 0 Å². The van der Waals surface area contributed by atoms with Crippen molar-refractivity contribution in [3.63, 3.8) is 0 Å². The topological polar surface area (TPSA) is 0 Å². The molecule has 0 spiro atoms.